The van der Waals surface area contributed by atoms with Crippen molar-refractivity contribution in [2.24, 2.45) is 0 Å². The quantitative estimate of drug-likeness (QED) is 0.486. The smallest absolute Gasteiger partial charge is 0.261 e. The van der Waals surface area contributed by atoms with Crippen molar-refractivity contribution in [2.45, 2.75) is 39.3 Å². The number of nitrogens with one attached hydrogen (secondary N) is 1. The summed E-state index contributed by atoms with van der Waals surface area (Å²) in [4.78, 5) is 27.1. The molecular weight excluding hydrogens is 439 g/mol. The number of amides is 2. The van der Waals surface area contributed by atoms with Crippen LogP contribution in [0.5, 0.6) is 11.5 Å². The van der Waals surface area contributed by atoms with Gasteiger partial charge in [-0.1, -0.05) is 48.7 Å². The van der Waals surface area contributed by atoms with E-state index in [9.17, 15) is 9.59 Å². The van der Waals surface area contributed by atoms with Gasteiger partial charge in [-0.2, -0.15) is 0 Å². The fourth-order valence-corrected chi connectivity index (χ4v) is 3.32. The van der Waals surface area contributed by atoms with Crippen LogP contribution in [0.4, 0.5) is 0 Å². The minimum absolute atomic E-state index is 0.208. The van der Waals surface area contributed by atoms with Gasteiger partial charge in [-0.15, -0.1) is 0 Å². The van der Waals surface area contributed by atoms with Gasteiger partial charge in [-0.25, -0.2) is 0 Å². The van der Waals surface area contributed by atoms with Crippen LogP contribution in [0, 0.1) is 0 Å². The number of rotatable bonds is 11. The summed E-state index contributed by atoms with van der Waals surface area (Å²) >= 11 is 12.0. The Hall–Kier alpha value is -2.44. The van der Waals surface area contributed by atoms with E-state index in [4.69, 9.17) is 32.7 Å². The van der Waals surface area contributed by atoms with E-state index in [-0.39, 0.29) is 25.0 Å². The zero-order valence-electron chi connectivity index (χ0n) is 18.0. The zero-order chi connectivity index (χ0) is 22.8. The van der Waals surface area contributed by atoms with Crippen LogP contribution in [0.15, 0.2) is 42.5 Å². The largest absolute Gasteiger partial charge is 0.497 e. The molecule has 0 aliphatic heterocycles. The normalized spacial score (nSPS) is 11.5. The first-order valence-electron chi connectivity index (χ1n) is 10.1. The van der Waals surface area contributed by atoms with Gasteiger partial charge >= 0.3 is 0 Å². The van der Waals surface area contributed by atoms with Crippen LogP contribution < -0.4 is 14.8 Å². The minimum Gasteiger partial charge on any atom is -0.497 e. The summed E-state index contributed by atoms with van der Waals surface area (Å²) in [5.74, 6) is 0.524. The van der Waals surface area contributed by atoms with E-state index in [1.54, 1.807) is 32.2 Å². The highest BCUT2D eigenvalue weighted by Gasteiger charge is 2.26. The summed E-state index contributed by atoms with van der Waals surface area (Å²) in [5, 5.41) is 3.67. The van der Waals surface area contributed by atoms with Crippen molar-refractivity contribution in [1.29, 1.82) is 0 Å². The molecule has 2 amide bonds. The Morgan fingerprint density at radius 2 is 1.84 bits per heavy atom. The first-order chi connectivity index (χ1) is 14.8. The van der Waals surface area contributed by atoms with E-state index in [0.717, 1.165) is 18.4 Å². The Bertz CT molecular complexity index is 874. The second-order valence-corrected chi connectivity index (χ2v) is 7.90. The van der Waals surface area contributed by atoms with Crippen LogP contribution in [0.25, 0.3) is 0 Å². The average molecular weight is 467 g/mol. The Kier molecular flexibility index (Phi) is 9.95. The Morgan fingerprint density at radius 3 is 2.45 bits per heavy atom. The van der Waals surface area contributed by atoms with Crippen molar-refractivity contribution >= 4 is 35.0 Å². The highest BCUT2D eigenvalue weighted by atomic mass is 35.5. The van der Waals surface area contributed by atoms with Gasteiger partial charge in [0.1, 0.15) is 17.5 Å². The topological polar surface area (TPSA) is 67.9 Å². The molecule has 2 aromatic carbocycles. The fourth-order valence-electron chi connectivity index (χ4n) is 2.86. The maximum absolute atomic E-state index is 13.0. The average Bonchev–Trinajstić information content (AvgIpc) is 2.76. The van der Waals surface area contributed by atoms with E-state index in [1.807, 2.05) is 31.2 Å². The third kappa shape index (κ3) is 7.64. The van der Waals surface area contributed by atoms with Gasteiger partial charge in [0, 0.05) is 18.1 Å². The molecule has 168 valence electrons. The lowest BCUT2D eigenvalue weighted by Crippen LogP contribution is -2.49. The summed E-state index contributed by atoms with van der Waals surface area (Å²) in [6.07, 6.45) is 1.85. The molecule has 6 nitrogen and oxygen atoms in total. The van der Waals surface area contributed by atoms with E-state index in [2.05, 4.69) is 5.32 Å². The van der Waals surface area contributed by atoms with E-state index >= 15 is 0 Å². The Labute approximate surface area is 193 Å². The summed E-state index contributed by atoms with van der Waals surface area (Å²) in [6.45, 7) is 4.32. The number of methoxy groups -OCH3 is 1. The number of ether oxygens (including phenoxy) is 2. The Balaban J connectivity index is 2.13. The van der Waals surface area contributed by atoms with Crippen molar-refractivity contribution in [1.82, 2.24) is 10.2 Å². The molecule has 0 heterocycles. The lowest BCUT2D eigenvalue weighted by atomic mass is 10.1. The maximum Gasteiger partial charge on any atom is 0.261 e. The highest BCUT2D eigenvalue weighted by molar-refractivity contribution is 6.35. The number of nitrogens with zero attached hydrogens (tertiary/aromatic N) is 1. The monoisotopic (exact) mass is 466 g/mol. The SMILES string of the molecule is CCCCNC(=O)C(C)N(Cc1ccc(OC)cc1)C(=O)COc1ccc(Cl)cc1Cl. The van der Waals surface area contributed by atoms with Crippen molar-refractivity contribution in [3.8, 4) is 11.5 Å². The number of benzene rings is 2. The summed E-state index contributed by atoms with van der Waals surface area (Å²) in [5.41, 5.74) is 0.867. The van der Waals surface area contributed by atoms with Crippen molar-refractivity contribution in [3.63, 3.8) is 0 Å². The molecule has 0 aliphatic rings. The van der Waals surface area contributed by atoms with Crippen LogP contribution in [0.1, 0.15) is 32.3 Å². The molecule has 0 saturated heterocycles. The molecule has 8 heteroatoms. The molecule has 0 aliphatic carbocycles. The van der Waals surface area contributed by atoms with Gasteiger partial charge < -0.3 is 19.7 Å². The molecule has 2 rings (SSSR count). The van der Waals surface area contributed by atoms with E-state index in [0.29, 0.717) is 28.1 Å². The van der Waals surface area contributed by atoms with Crippen LogP contribution in [0.3, 0.4) is 0 Å². The molecule has 0 saturated carbocycles. The molecule has 0 bridgehead atoms. The molecule has 0 aromatic heterocycles. The number of hydrogen-bond donors (Lipinski definition) is 1. The second kappa shape index (κ2) is 12.4. The third-order valence-corrected chi connectivity index (χ3v) is 5.28. The van der Waals surface area contributed by atoms with E-state index < -0.39 is 6.04 Å². The van der Waals surface area contributed by atoms with Crippen LogP contribution in [0.2, 0.25) is 10.0 Å². The van der Waals surface area contributed by atoms with Gasteiger partial charge in [-0.05, 0) is 49.2 Å². The standard InChI is InChI=1S/C23H28Cl2N2O4/c1-4-5-12-26-23(29)16(2)27(14-17-6-9-19(30-3)10-7-17)22(28)15-31-21-11-8-18(24)13-20(21)25/h6-11,13,16H,4-5,12,14-15H2,1-3H3,(H,26,29). The highest BCUT2D eigenvalue weighted by Crippen LogP contribution is 2.27. The molecule has 1 N–H and O–H groups in total. The molecule has 1 unspecified atom stereocenters. The molecule has 31 heavy (non-hydrogen) atoms. The number of unbranched alkanes of at least 4 members (excludes halogenated alkanes) is 1. The summed E-state index contributed by atoms with van der Waals surface area (Å²) < 4.78 is 10.8. The number of halogens is 2. The molecule has 0 spiro atoms. The maximum atomic E-state index is 13.0. The predicted molar refractivity (Wildman–Crippen MR) is 123 cm³/mol. The Morgan fingerprint density at radius 1 is 1.13 bits per heavy atom. The molecule has 2 aromatic rings. The molecule has 1 atom stereocenters. The summed E-state index contributed by atoms with van der Waals surface area (Å²) in [6, 6.07) is 11.5. The third-order valence-electron chi connectivity index (χ3n) is 4.75. The van der Waals surface area contributed by atoms with Crippen molar-refractivity contribution in [3.05, 3.63) is 58.1 Å². The first kappa shape index (κ1) is 24.8. The molecule has 0 fully saturated rings. The summed E-state index contributed by atoms with van der Waals surface area (Å²) in [7, 11) is 1.59. The second-order valence-electron chi connectivity index (χ2n) is 7.05. The van der Waals surface area contributed by atoms with Gasteiger partial charge in [0.25, 0.3) is 5.91 Å². The lowest BCUT2D eigenvalue weighted by Gasteiger charge is -2.29. The minimum atomic E-state index is -0.671. The van der Waals surface area contributed by atoms with Gasteiger partial charge in [0.15, 0.2) is 6.61 Å². The van der Waals surface area contributed by atoms with Gasteiger partial charge in [-0.3, -0.25) is 9.59 Å². The van der Waals surface area contributed by atoms with E-state index in [1.165, 1.54) is 4.90 Å². The number of hydrogen-bond acceptors (Lipinski definition) is 4. The van der Waals surface area contributed by atoms with Crippen molar-refractivity contribution < 1.29 is 19.1 Å². The van der Waals surface area contributed by atoms with Crippen LogP contribution in [-0.2, 0) is 16.1 Å². The van der Waals surface area contributed by atoms with Crippen LogP contribution in [-0.4, -0.2) is 43.0 Å². The predicted octanol–water partition coefficient (Wildman–Crippen LogP) is 4.71. The molecule has 0 radical (unpaired) electrons. The van der Waals surface area contributed by atoms with Crippen LogP contribution >= 0.6 is 23.2 Å². The number of carbonyl (C=O) groups is 2. The zero-order valence-corrected chi connectivity index (χ0v) is 19.5. The molecular formula is C23H28Cl2N2O4. The lowest BCUT2D eigenvalue weighted by molar-refractivity contribution is -0.142. The first-order valence-corrected chi connectivity index (χ1v) is 10.9. The van der Waals surface area contributed by atoms with Gasteiger partial charge in [0.2, 0.25) is 5.91 Å². The number of carbonyl (C=O) groups excluding carboxylic acids is 2. The van der Waals surface area contributed by atoms with Gasteiger partial charge in [0.05, 0.1) is 12.1 Å². The fraction of sp³-hybridized carbons (Fsp3) is 0.391. The van der Waals surface area contributed by atoms with Crippen molar-refractivity contribution in [2.75, 3.05) is 20.3 Å².